The van der Waals surface area contributed by atoms with Crippen molar-refractivity contribution in [3.05, 3.63) is 73.3 Å². The van der Waals surface area contributed by atoms with Crippen molar-refractivity contribution in [3.8, 4) is 11.4 Å². The Bertz CT molecular complexity index is 1540. The topological polar surface area (TPSA) is 73.2 Å². The monoisotopic (exact) mass is 539 g/mol. The molecule has 0 radical (unpaired) electrons. The molecule has 0 unspecified atom stereocenters. The minimum Gasteiger partial charge on any atom is -0.495 e. The summed E-state index contributed by atoms with van der Waals surface area (Å²) in [5.41, 5.74) is 4.58. The maximum atomic E-state index is 13.9. The highest BCUT2D eigenvalue weighted by atomic mass is 35.5. The number of halogens is 1. The zero-order chi connectivity index (χ0) is 25.4. The average Bonchev–Trinajstić information content (AvgIpc) is 3.22. The van der Waals surface area contributed by atoms with Gasteiger partial charge in [0, 0.05) is 10.6 Å². The second kappa shape index (κ2) is 10.3. The number of hydrogen-bond donors (Lipinski definition) is 1. The fourth-order valence-corrected chi connectivity index (χ4v) is 6.99. The second-order valence-electron chi connectivity index (χ2n) is 8.90. The van der Waals surface area contributed by atoms with Crippen molar-refractivity contribution in [2.45, 2.75) is 44.7 Å². The quantitative estimate of drug-likeness (QED) is 0.229. The number of nitrogens with one attached hydrogen (secondary N) is 1. The van der Waals surface area contributed by atoms with Gasteiger partial charge in [0.2, 0.25) is 5.91 Å². The highest BCUT2D eigenvalue weighted by Crippen LogP contribution is 2.35. The molecule has 0 bridgehead atoms. The van der Waals surface area contributed by atoms with Crippen LogP contribution in [-0.4, -0.2) is 28.3 Å². The first-order chi connectivity index (χ1) is 17.4. The SMILES string of the molecule is COc1ccc(NC(=O)CSc2nc3sc4c(c3c(=O)n2-c2ccc(C)cc2C)CCCC4)cc1Cl. The number of anilines is 1. The maximum absolute atomic E-state index is 13.9. The summed E-state index contributed by atoms with van der Waals surface area (Å²) >= 11 is 9.06. The molecule has 1 aliphatic rings. The van der Waals surface area contributed by atoms with E-state index in [1.807, 2.05) is 26.0 Å². The minimum absolute atomic E-state index is 0.0591. The molecule has 0 atom stereocenters. The molecule has 9 heteroatoms. The highest BCUT2D eigenvalue weighted by molar-refractivity contribution is 7.99. The third kappa shape index (κ3) is 4.77. The van der Waals surface area contributed by atoms with Gasteiger partial charge in [0.25, 0.3) is 5.56 Å². The van der Waals surface area contributed by atoms with Crippen LogP contribution in [0.4, 0.5) is 5.69 Å². The molecule has 2 heterocycles. The molecular formula is C27H26ClN3O3S2. The molecule has 0 spiro atoms. The molecule has 36 heavy (non-hydrogen) atoms. The first-order valence-corrected chi connectivity index (χ1v) is 13.9. The lowest BCUT2D eigenvalue weighted by Crippen LogP contribution is -2.24. The molecular weight excluding hydrogens is 514 g/mol. The van der Waals surface area contributed by atoms with E-state index in [1.54, 1.807) is 41.2 Å². The van der Waals surface area contributed by atoms with Gasteiger partial charge >= 0.3 is 0 Å². The third-order valence-corrected chi connectivity index (χ3v) is 8.74. The molecule has 4 aromatic rings. The molecule has 0 saturated heterocycles. The van der Waals surface area contributed by atoms with Crippen LogP contribution in [0.3, 0.4) is 0 Å². The van der Waals surface area contributed by atoms with Crippen molar-refractivity contribution in [2.24, 2.45) is 0 Å². The smallest absolute Gasteiger partial charge is 0.267 e. The fourth-order valence-electron chi connectivity index (χ4n) is 4.62. The van der Waals surface area contributed by atoms with Gasteiger partial charge in [0.1, 0.15) is 10.6 Å². The van der Waals surface area contributed by atoms with Gasteiger partial charge < -0.3 is 10.1 Å². The second-order valence-corrected chi connectivity index (χ2v) is 11.3. The van der Waals surface area contributed by atoms with Crippen LogP contribution in [0.1, 0.15) is 34.4 Å². The zero-order valence-electron chi connectivity index (χ0n) is 20.3. The Kier molecular flexibility index (Phi) is 7.10. The van der Waals surface area contributed by atoms with E-state index in [9.17, 15) is 9.59 Å². The van der Waals surface area contributed by atoms with Gasteiger partial charge in [-0.1, -0.05) is 41.1 Å². The van der Waals surface area contributed by atoms with E-state index in [2.05, 4.69) is 11.4 Å². The predicted octanol–water partition coefficient (Wildman–Crippen LogP) is 6.34. The molecule has 1 N–H and O–H groups in total. The zero-order valence-corrected chi connectivity index (χ0v) is 22.7. The van der Waals surface area contributed by atoms with E-state index in [4.69, 9.17) is 21.3 Å². The van der Waals surface area contributed by atoms with Crippen LogP contribution in [0.15, 0.2) is 46.3 Å². The van der Waals surface area contributed by atoms with Gasteiger partial charge in [0.15, 0.2) is 5.16 Å². The molecule has 186 valence electrons. The average molecular weight is 540 g/mol. The predicted molar refractivity (Wildman–Crippen MR) is 149 cm³/mol. The molecule has 5 rings (SSSR count). The Morgan fingerprint density at radius 1 is 1.19 bits per heavy atom. The number of fused-ring (bicyclic) bond motifs is 3. The van der Waals surface area contributed by atoms with Gasteiger partial charge in [-0.25, -0.2) is 4.98 Å². The number of aromatic nitrogens is 2. The van der Waals surface area contributed by atoms with Gasteiger partial charge in [-0.15, -0.1) is 11.3 Å². The van der Waals surface area contributed by atoms with Crippen molar-refractivity contribution in [1.82, 2.24) is 9.55 Å². The summed E-state index contributed by atoms with van der Waals surface area (Å²) in [5, 5.41) is 4.53. The Labute approximate surface area is 222 Å². The van der Waals surface area contributed by atoms with Crippen LogP contribution in [-0.2, 0) is 17.6 Å². The van der Waals surface area contributed by atoms with Gasteiger partial charge in [0.05, 0.1) is 29.0 Å². The number of amides is 1. The van der Waals surface area contributed by atoms with Crippen LogP contribution >= 0.6 is 34.7 Å². The van der Waals surface area contributed by atoms with Crippen LogP contribution in [0, 0.1) is 13.8 Å². The van der Waals surface area contributed by atoms with E-state index >= 15 is 0 Å². The van der Waals surface area contributed by atoms with Crippen LogP contribution in [0.25, 0.3) is 15.9 Å². The number of ether oxygens (including phenoxy) is 1. The Morgan fingerprint density at radius 3 is 2.75 bits per heavy atom. The number of thiophene rings is 1. The molecule has 0 fully saturated rings. The van der Waals surface area contributed by atoms with E-state index < -0.39 is 0 Å². The lowest BCUT2D eigenvalue weighted by atomic mass is 9.97. The molecule has 0 saturated carbocycles. The first kappa shape index (κ1) is 24.9. The molecule has 2 aromatic heterocycles. The van der Waals surface area contributed by atoms with E-state index in [-0.39, 0.29) is 17.2 Å². The number of thioether (sulfide) groups is 1. The number of carbonyl (C=O) groups excluding carboxylic acids is 1. The standard InChI is InChI=1S/C27H26ClN3O3S2/c1-15-8-10-20(16(2)12-15)31-26(33)24-18-6-4-5-7-22(18)36-25(24)30-27(31)35-14-23(32)29-17-9-11-21(34-3)19(28)13-17/h8-13H,4-7,14H2,1-3H3,(H,29,32). The molecule has 1 aliphatic carbocycles. The van der Waals surface area contributed by atoms with Crippen LogP contribution < -0.4 is 15.6 Å². The summed E-state index contributed by atoms with van der Waals surface area (Å²) in [5.74, 6) is 0.420. The first-order valence-electron chi connectivity index (χ1n) is 11.8. The summed E-state index contributed by atoms with van der Waals surface area (Å²) in [4.78, 5) is 33.7. The maximum Gasteiger partial charge on any atom is 0.267 e. The minimum atomic E-state index is -0.215. The number of carbonyl (C=O) groups is 1. The summed E-state index contributed by atoms with van der Waals surface area (Å²) < 4.78 is 6.85. The normalized spacial score (nSPS) is 13.0. The van der Waals surface area contributed by atoms with Crippen molar-refractivity contribution in [1.29, 1.82) is 0 Å². The molecule has 2 aromatic carbocycles. The lowest BCUT2D eigenvalue weighted by molar-refractivity contribution is -0.113. The summed E-state index contributed by atoms with van der Waals surface area (Å²) in [6.07, 6.45) is 4.14. The highest BCUT2D eigenvalue weighted by Gasteiger charge is 2.24. The van der Waals surface area contributed by atoms with Crippen molar-refractivity contribution in [3.63, 3.8) is 0 Å². The Morgan fingerprint density at radius 2 is 2.00 bits per heavy atom. The Hall–Kier alpha value is -2.81. The van der Waals surface area contributed by atoms with Crippen molar-refractivity contribution in [2.75, 3.05) is 18.2 Å². The molecule has 0 aliphatic heterocycles. The Balaban J connectivity index is 1.51. The van der Waals surface area contributed by atoms with Gasteiger partial charge in [-0.3, -0.25) is 14.2 Å². The fraction of sp³-hybridized carbons (Fsp3) is 0.296. The number of hydrogen-bond acceptors (Lipinski definition) is 6. The number of rotatable bonds is 6. The largest absolute Gasteiger partial charge is 0.495 e. The van der Waals surface area contributed by atoms with Crippen molar-refractivity contribution >= 4 is 56.5 Å². The number of aryl methyl sites for hydroxylation is 4. The third-order valence-electron chi connectivity index (χ3n) is 6.32. The van der Waals surface area contributed by atoms with E-state index in [0.717, 1.165) is 58.3 Å². The number of nitrogens with zero attached hydrogens (tertiary/aromatic N) is 2. The number of methoxy groups -OCH3 is 1. The molecule has 6 nitrogen and oxygen atoms in total. The van der Waals surface area contributed by atoms with Gasteiger partial charge in [-0.05, 0) is 74.9 Å². The summed E-state index contributed by atoms with van der Waals surface area (Å²) in [7, 11) is 1.54. The van der Waals surface area contributed by atoms with Crippen molar-refractivity contribution < 1.29 is 9.53 Å². The number of benzene rings is 2. The summed E-state index contributed by atoms with van der Waals surface area (Å²) in [6.45, 7) is 4.03. The van der Waals surface area contributed by atoms with Crippen LogP contribution in [0.2, 0.25) is 5.02 Å². The van der Waals surface area contributed by atoms with Crippen LogP contribution in [0.5, 0.6) is 5.75 Å². The summed E-state index contributed by atoms with van der Waals surface area (Å²) in [6, 6.07) is 11.1. The van der Waals surface area contributed by atoms with E-state index in [0.29, 0.717) is 21.6 Å². The molecule has 1 amide bonds. The van der Waals surface area contributed by atoms with E-state index in [1.165, 1.54) is 16.6 Å². The van der Waals surface area contributed by atoms with Gasteiger partial charge in [-0.2, -0.15) is 0 Å². The lowest BCUT2D eigenvalue weighted by Gasteiger charge is -2.16.